The highest BCUT2D eigenvalue weighted by molar-refractivity contribution is 8.01. The second-order valence-corrected chi connectivity index (χ2v) is 42.0. The number of nitrogens with one attached hydrogen (secondary N) is 8. The Morgan fingerprint density at radius 2 is 0.252 bits per heavy atom. The molecule has 706 valence electrons. The summed E-state index contributed by atoms with van der Waals surface area (Å²) in [6.07, 6.45) is 2.50. The lowest BCUT2D eigenvalue weighted by Crippen LogP contribution is -1.98. The number of para-hydroxylation sites is 16. The third-order valence-electron chi connectivity index (χ3n) is 19.6. The van der Waals surface area contributed by atoms with E-state index in [9.17, 15) is 9.59 Å². The molecule has 8 aliphatic rings. The van der Waals surface area contributed by atoms with Crippen LogP contribution in [-0.4, -0.2) is 11.6 Å². The van der Waals surface area contributed by atoms with Crippen LogP contribution in [0.4, 0.5) is 91.0 Å². The van der Waals surface area contributed by atoms with Gasteiger partial charge in [0.25, 0.3) is 0 Å². The zero-order chi connectivity index (χ0) is 97.9. The number of fused-ring (bicyclic) bond motifs is 16. The molecule has 17 aromatic rings. The number of carbonyl (C=O) groups excluding carboxylic acids is 2. The van der Waals surface area contributed by atoms with Crippen molar-refractivity contribution >= 4 is 197 Å². The lowest BCUT2D eigenvalue weighted by Gasteiger charge is -2.19. The first-order chi connectivity index (χ1) is 67.8. The zero-order valence-electron chi connectivity index (χ0n) is 81.0. The van der Waals surface area contributed by atoms with Crippen molar-refractivity contribution in [3.05, 3.63) is 424 Å². The summed E-state index contributed by atoms with van der Waals surface area (Å²) in [6, 6.07) is 145. The van der Waals surface area contributed by atoms with E-state index in [1.807, 2.05) is 100 Å². The van der Waals surface area contributed by atoms with Gasteiger partial charge in [-0.15, -0.1) is 0 Å². The number of hydrogen-bond acceptors (Lipinski definition) is 18. The Hall–Kier alpha value is -12.7. The fraction of sp³-hybridized carbons (Fsp3) is 0.140. The number of benzene rings is 17. The molecule has 0 saturated carbocycles. The van der Waals surface area contributed by atoms with Gasteiger partial charge >= 0.3 is 0 Å². The molecule has 10 nitrogen and oxygen atoms in total. The molecule has 17 aromatic carbocycles. The molecule has 8 heterocycles. The van der Waals surface area contributed by atoms with Crippen LogP contribution in [0.15, 0.2) is 497 Å². The summed E-state index contributed by atoms with van der Waals surface area (Å²) < 4.78 is 0. The molecule has 0 bridgehead atoms. The van der Waals surface area contributed by atoms with Crippen LogP contribution >= 0.6 is 94.1 Å². The summed E-state index contributed by atoms with van der Waals surface area (Å²) in [6.45, 7) is 25.5. The van der Waals surface area contributed by atoms with E-state index in [4.69, 9.17) is 0 Å². The average molecular weight is 1980 g/mol. The summed E-state index contributed by atoms with van der Waals surface area (Å²) in [5, 5.41) is 27.4. The average Bonchev–Trinajstić information content (AvgIpc) is 0.849. The highest BCUT2D eigenvalue weighted by Gasteiger charge is 2.21. The molecule has 0 saturated heterocycles. The molecule has 8 N–H and O–H groups in total. The second kappa shape index (κ2) is 56.4. The van der Waals surface area contributed by atoms with E-state index in [-0.39, 0.29) is 11.6 Å². The molecular weight excluding hydrogens is 1850 g/mol. The Bertz CT molecular complexity index is 4960. The molecule has 0 atom stereocenters. The van der Waals surface area contributed by atoms with E-state index in [1.54, 1.807) is 0 Å². The molecule has 0 amide bonds. The van der Waals surface area contributed by atoms with Crippen molar-refractivity contribution in [2.24, 2.45) is 5.92 Å². The summed E-state index contributed by atoms with van der Waals surface area (Å²) >= 11 is 14.6. The van der Waals surface area contributed by atoms with Crippen LogP contribution in [-0.2, 0) is 9.59 Å². The van der Waals surface area contributed by atoms with Crippen LogP contribution < -0.4 is 42.5 Å². The van der Waals surface area contributed by atoms with E-state index < -0.39 is 0 Å². The van der Waals surface area contributed by atoms with Gasteiger partial charge in [0.05, 0.1) is 91.0 Å². The smallest absolute Gasteiger partial charge is 0.126 e. The minimum Gasteiger partial charge on any atom is -0.354 e. The number of hydrogen-bond donors (Lipinski definition) is 8. The maximum atomic E-state index is 9.44. The van der Waals surface area contributed by atoms with E-state index in [1.165, 1.54) is 215 Å². The van der Waals surface area contributed by atoms with Crippen molar-refractivity contribution in [1.82, 2.24) is 0 Å². The van der Waals surface area contributed by atoms with E-state index >= 15 is 0 Å². The van der Waals surface area contributed by atoms with Gasteiger partial charge in [-0.25, -0.2) is 0 Å². The number of rotatable bonds is 1. The summed E-state index contributed by atoms with van der Waals surface area (Å²) in [4.78, 5) is 39.6. The first kappa shape index (κ1) is 105. The minimum atomic E-state index is 0.167. The topological polar surface area (TPSA) is 130 Å². The Morgan fingerprint density at radius 1 is 0.173 bits per heavy atom. The number of carbonyl (C=O) groups is 2. The monoisotopic (exact) mass is 1970 g/mol. The highest BCUT2D eigenvalue weighted by atomic mass is 32.2. The van der Waals surface area contributed by atoms with Gasteiger partial charge in [0.15, 0.2) is 0 Å². The molecular formula is C121H122N8O2S8. The van der Waals surface area contributed by atoms with Crippen LogP contribution in [0, 0.1) is 5.92 Å². The first-order valence-corrected chi connectivity index (χ1v) is 53.4. The summed E-state index contributed by atoms with van der Waals surface area (Å²) in [5.74, 6) is 1.83. The van der Waals surface area contributed by atoms with E-state index in [0.717, 1.165) is 5.92 Å². The van der Waals surface area contributed by atoms with Crippen LogP contribution in [0.25, 0.3) is 0 Å². The van der Waals surface area contributed by atoms with Crippen LogP contribution in [0.2, 0.25) is 0 Å². The molecule has 0 spiro atoms. The Kier molecular flexibility index (Phi) is 42.6. The largest absolute Gasteiger partial charge is 0.354 e. The lowest BCUT2D eigenvalue weighted by molar-refractivity contribution is -0.115. The minimum absolute atomic E-state index is 0.167. The predicted octanol–water partition coefficient (Wildman–Crippen LogP) is 39.7. The Morgan fingerprint density at radius 3 is 0.331 bits per heavy atom. The molecule has 139 heavy (non-hydrogen) atoms. The summed E-state index contributed by atoms with van der Waals surface area (Å²) in [5.41, 5.74) is 20.7. The molecule has 18 heteroatoms. The third kappa shape index (κ3) is 33.3. The fourth-order valence-corrected chi connectivity index (χ4v) is 21.4. The molecule has 0 aliphatic carbocycles. The molecule has 0 fully saturated rings. The predicted molar refractivity (Wildman–Crippen MR) is 608 cm³/mol. The lowest BCUT2D eigenvalue weighted by atomic mass is 10.0. The molecule has 0 unspecified atom stereocenters. The van der Waals surface area contributed by atoms with Gasteiger partial charge in [-0.3, -0.25) is 0 Å². The maximum Gasteiger partial charge on any atom is 0.126 e. The van der Waals surface area contributed by atoms with Crippen molar-refractivity contribution in [3.63, 3.8) is 0 Å². The van der Waals surface area contributed by atoms with Crippen molar-refractivity contribution < 1.29 is 9.59 Å². The zero-order valence-corrected chi connectivity index (χ0v) is 87.5. The van der Waals surface area contributed by atoms with E-state index in [0.29, 0.717) is 5.92 Å². The van der Waals surface area contributed by atoms with Gasteiger partial charge in [0.1, 0.15) is 11.6 Å². The van der Waals surface area contributed by atoms with Gasteiger partial charge in [0, 0.05) is 78.3 Å². The van der Waals surface area contributed by atoms with Crippen LogP contribution in [0.3, 0.4) is 0 Å². The summed E-state index contributed by atoms with van der Waals surface area (Å²) in [7, 11) is 0. The quantitative estimate of drug-likeness (QED) is 0.0793. The van der Waals surface area contributed by atoms with Crippen molar-refractivity contribution in [3.8, 4) is 0 Å². The first-order valence-electron chi connectivity index (χ1n) is 46.8. The van der Waals surface area contributed by atoms with Gasteiger partial charge in [-0.2, -0.15) is 0 Å². The number of ketones is 2. The maximum absolute atomic E-state index is 9.44. The fourth-order valence-electron chi connectivity index (χ4n) is 13.5. The standard InChI is InChI=1S/8C12H9NS.C9H12.C4H10.2C3H6O.2C3H8/c8*1-3-7-11-9(5-1)13-10-6-2-4-8-12(10)14-11;1-8(2)9-6-4-3-5-7-9;1-4(2)3;2*1-3(2)4;2*1-3-2/h8*1-8,13H;3-8H,1-2H3;4H,1-3H3;2*1-2H3;2*3H2,1-2H3. The number of anilines is 16. The van der Waals surface area contributed by atoms with Gasteiger partial charge in [-0.1, -0.05) is 394 Å². The van der Waals surface area contributed by atoms with Gasteiger partial charge < -0.3 is 52.1 Å². The third-order valence-corrected chi connectivity index (χ3v) is 28.8. The SMILES string of the molecule is CC(C)=O.CC(C)=O.CC(C)C.CC(C)c1ccccc1.CCC.CCC.c1ccc2c(c1)Nc1ccccc1S2.c1ccc2c(c1)Nc1ccccc1S2.c1ccc2c(c1)Nc1ccccc1S2.c1ccc2c(c1)Nc1ccccc1S2.c1ccc2c(c1)Nc1ccccc1S2.c1ccc2c(c1)Nc1ccccc1S2.c1ccc2c(c1)Nc1ccccc1S2.c1ccc2c(c1)Nc1ccccc1S2. The second-order valence-electron chi connectivity index (χ2n) is 33.3. The van der Waals surface area contributed by atoms with Crippen LogP contribution in [0.1, 0.15) is 114 Å². The normalized spacial score (nSPS) is 11.7. The highest BCUT2D eigenvalue weighted by Crippen LogP contribution is 2.51. The van der Waals surface area contributed by atoms with Gasteiger partial charge in [-0.05, 0) is 239 Å². The molecule has 8 aliphatic heterocycles. The molecule has 0 radical (unpaired) electrons. The molecule has 25 rings (SSSR count). The van der Waals surface area contributed by atoms with Crippen molar-refractivity contribution in [2.45, 2.75) is 187 Å². The Balaban J connectivity index is 0.000000137. The van der Waals surface area contributed by atoms with Crippen molar-refractivity contribution in [1.29, 1.82) is 0 Å². The van der Waals surface area contributed by atoms with Crippen molar-refractivity contribution in [2.75, 3.05) is 42.5 Å². The van der Waals surface area contributed by atoms with Crippen LogP contribution in [0.5, 0.6) is 0 Å². The van der Waals surface area contributed by atoms with Gasteiger partial charge in [0.2, 0.25) is 0 Å². The number of Topliss-reactive ketones (excluding diaryl/α,β-unsaturated/α-hetero) is 2. The Labute approximate surface area is 858 Å². The van der Waals surface area contributed by atoms with E-state index in [2.05, 4.69) is 517 Å². The molecule has 0 aromatic heterocycles.